The summed E-state index contributed by atoms with van der Waals surface area (Å²) in [6, 6.07) is 15.2. The predicted molar refractivity (Wildman–Crippen MR) is 113 cm³/mol. The minimum absolute atomic E-state index is 0.202. The molecule has 0 aliphatic rings. The molecule has 2 N–H and O–H groups in total. The van der Waals surface area contributed by atoms with Gasteiger partial charge in [0.15, 0.2) is 6.10 Å². The Morgan fingerprint density at radius 1 is 0.931 bits per heavy atom. The lowest BCUT2D eigenvalue weighted by atomic mass is 10.0. The first-order valence-electron chi connectivity index (χ1n) is 9.78. The molecule has 2 aromatic carbocycles. The maximum Gasteiger partial charge on any atom is 0.329 e. The summed E-state index contributed by atoms with van der Waals surface area (Å²) in [6.45, 7) is 7.16. The van der Waals surface area contributed by atoms with Crippen LogP contribution in [0, 0.1) is 5.92 Å². The van der Waals surface area contributed by atoms with Crippen LogP contribution in [-0.2, 0) is 20.7 Å². The van der Waals surface area contributed by atoms with Crippen molar-refractivity contribution in [3.05, 3.63) is 65.7 Å². The molecule has 0 radical (unpaired) electrons. The largest absolute Gasteiger partial charge is 0.451 e. The van der Waals surface area contributed by atoms with Gasteiger partial charge in [0.2, 0.25) is 0 Å². The van der Waals surface area contributed by atoms with E-state index in [-0.39, 0.29) is 11.8 Å². The summed E-state index contributed by atoms with van der Waals surface area (Å²) in [4.78, 5) is 37.3. The third-order valence-electron chi connectivity index (χ3n) is 4.54. The van der Waals surface area contributed by atoms with E-state index < -0.39 is 24.0 Å². The van der Waals surface area contributed by atoms with Crippen molar-refractivity contribution in [3.8, 4) is 0 Å². The van der Waals surface area contributed by atoms with Gasteiger partial charge in [-0.2, -0.15) is 0 Å². The van der Waals surface area contributed by atoms with E-state index in [2.05, 4.69) is 17.6 Å². The summed E-state index contributed by atoms with van der Waals surface area (Å²) in [6.07, 6.45) is -0.0868. The van der Waals surface area contributed by atoms with Gasteiger partial charge in [-0.25, -0.2) is 4.79 Å². The van der Waals surface area contributed by atoms with Crippen molar-refractivity contribution < 1.29 is 19.1 Å². The highest BCUT2D eigenvalue weighted by molar-refractivity contribution is 5.98. The lowest BCUT2D eigenvalue weighted by Gasteiger charge is -2.23. The van der Waals surface area contributed by atoms with Crippen molar-refractivity contribution in [3.63, 3.8) is 0 Å². The molecule has 0 spiro atoms. The zero-order valence-electron chi connectivity index (χ0n) is 17.3. The summed E-state index contributed by atoms with van der Waals surface area (Å²) in [5.74, 6) is -1.64. The highest BCUT2D eigenvalue weighted by Crippen LogP contribution is 2.12. The number of hydrogen-bond acceptors (Lipinski definition) is 4. The Hall–Kier alpha value is -3.15. The molecule has 0 saturated heterocycles. The van der Waals surface area contributed by atoms with Crippen LogP contribution < -0.4 is 10.6 Å². The number of amides is 2. The van der Waals surface area contributed by atoms with Crippen LogP contribution >= 0.6 is 0 Å². The normalized spacial score (nSPS) is 12.7. The van der Waals surface area contributed by atoms with Crippen LogP contribution in [0.15, 0.2) is 54.6 Å². The van der Waals surface area contributed by atoms with Crippen LogP contribution in [0.2, 0.25) is 0 Å². The minimum Gasteiger partial charge on any atom is -0.451 e. The van der Waals surface area contributed by atoms with Crippen molar-refractivity contribution in [1.29, 1.82) is 0 Å². The van der Waals surface area contributed by atoms with E-state index in [0.717, 1.165) is 12.0 Å². The van der Waals surface area contributed by atoms with Gasteiger partial charge in [-0.05, 0) is 49.1 Å². The molecule has 0 aliphatic heterocycles. The molecule has 29 heavy (non-hydrogen) atoms. The third-order valence-corrected chi connectivity index (χ3v) is 4.54. The summed E-state index contributed by atoms with van der Waals surface area (Å²) < 4.78 is 5.32. The molecular weight excluding hydrogens is 368 g/mol. The molecule has 6 nitrogen and oxygen atoms in total. The van der Waals surface area contributed by atoms with Crippen molar-refractivity contribution in [1.82, 2.24) is 5.32 Å². The summed E-state index contributed by atoms with van der Waals surface area (Å²) in [5.41, 5.74) is 2.25. The zero-order chi connectivity index (χ0) is 21.4. The molecule has 154 valence electrons. The van der Waals surface area contributed by atoms with Gasteiger partial charge < -0.3 is 15.4 Å². The van der Waals surface area contributed by atoms with Crippen molar-refractivity contribution in [2.24, 2.45) is 5.92 Å². The number of rotatable bonds is 8. The van der Waals surface area contributed by atoms with Gasteiger partial charge in [0, 0.05) is 11.3 Å². The molecule has 0 saturated carbocycles. The lowest BCUT2D eigenvalue weighted by Crippen LogP contribution is -2.47. The average Bonchev–Trinajstić information content (AvgIpc) is 2.72. The Kier molecular flexibility index (Phi) is 7.95. The Morgan fingerprint density at radius 2 is 1.55 bits per heavy atom. The fourth-order valence-corrected chi connectivity index (χ4v) is 2.68. The van der Waals surface area contributed by atoms with Gasteiger partial charge in [-0.15, -0.1) is 0 Å². The molecule has 0 bridgehead atoms. The Bertz CT molecular complexity index is 832. The molecule has 2 atom stereocenters. The van der Waals surface area contributed by atoms with E-state index in [9.17, 15) is 14.4 Å². The standard InChI is InChI=1S/C23H28N2O4/c1-5-17-11-13-19(14-12-17)24-21(26)16(4)29-23(28)20(15(2)3)25-22(27)18-9-7-6-8-10-18/h6-16,20H,5H2,1-4H3,(H,24,26)(H,25,27). The Morgan fingerprint density at radius 3 is 2.10 bits per heavy atom. The number of nitrogens with one attached hydrogen (secondary N) is 2. The fourth-order valence-electron chi connectivity index (χ4n) is 2.68. The predicted octanol–water partition coefficient (Wildman–Crippen LogP) is 3.57. The number of carbonyl (C=O) groups excluding carboxylic acids is 3. The Labute approximate surface area is 171 Å². The minimum atomic E-state index is -0.997. The smallest absolute Gasteiger partial charge is 0.329 e. The number of anilines is 1. The van der Waals surface area contributed by atoms with Crippen LogP contribution in [-0.4, -0.2) is 29.9 Å². The molecule has 2 aromatic rings. The molecule has 0 fully saturated rings. The maximum absolute atomic E-state index is 12.6. The highest BCUT2D eigenvalue weighted by Gasteiger charge is 2.29. The van der Waals surface area contributed by atoms with E-state index in [0.29, 0.717) is 11.3 Å². The molecule has 2 amide bonds. The van der Waals surface area contributed by atoms with Gasteiger partial charge in [-0.3, -0.25) is 9.59 Å². The second-order valence-corrected chi connectivity index (χ2v) is 7.18. The van der Waals surface area contributed by atoms with Crippen LogP contribution in [0.4, 0.5) is 5.69 Å². The fraction of sp³-hybridized carbons (Fsp3) is 0.348. The number of benzene rings is 2. The third kappa shape index (κ3) is 6.45. The first-order valence-corrected chi connectivity index (χ1v) is 9.78. The summed E-state index contributed by atoms with van der Waals surface area (Å²) >= 11 is 0. The number of aryl methyl sites for hydroxylation is 1. The maximum atomic E-state index is 12.6. The van der Waals surface area contributed by atoms with Crippen molar-refractivity contribution >= 4 is 23.5 Å². The van der Waals surface area contributed by atoms with Gasteiger partial charge in [-0.1, -0.05) is 51.1 Å². The van der Waals surface area contributed by atoms with Crippen LogP contribution in [0.3, 0.4) is 0 Å². The van der Waals surface area contributed by atoms with E-state index in [1.54, 1.807) is 44.2 Å². The van der Waals surface area contributed by atoms with Gasteiger partial charge in [0.1, 0.15) is 6.04 Å². The van der Waals surface area contributed by atoms with Gasteiger partial charge >= 0.3 is 5.97 Å². The second-order valence-electron chi connectivity index (χ2n) is 7.18. The SMILES string of the molecule is CCc1ccc(NC(=O)C(C)OC(=O)C(NC(=O)c2ccccc2)C(C)C)cc1. The number of carbonyl (C=O) groups is 3. The van der Waals surface area contributed by atoms with Crippen molar-refractivity contribution in [2.75, 3.05) is 5.32 Å². The molecule has 2 unspecified atom stereocenters. The van der Waals surface area contributed by atoms with Crippen LogP contribution in [0.1, 0.15) is 43.6 Å². The van der Waals surface area contributed by atoms with Gasteiger partial charge in [0.05, 0.1) is 0 Å². The molecule has 6 heteroatoms. The number of hydrogen-bond donors (Lipinski definition) is 2. The molecule has 0 aromatic heterocycles. The number of ether oxygens (including phenoxy) is 1. The van der Waals surface area contributed by atoms with Crippen LogP contribution in [0.25, 0.3) is 0 Å². The monoisotopic (exact) mass is 396 g/mol. The quantitative estimate of drug-likeness (QED) is 0.668. The second kappa shape index (κ2) is 10.4. The van der Waals surface area contributed by atoms with Gasteiger partial charge in [0.25, 0.3) is 11.8 Å². The topological polar surface area (TPSA) is 84.5 Å². The van der Waals surface area contributed by atoms with E-state index in [1.165, 1.54) is 6.92 Å². The Balaban J connectivity index is 1.96. The summed E-state index contributed by atoms with van der Waals surface area (Å²) in [5, 5.41) is 5.42. The van der Waals surface area contributed by atoms with E-state index in [1.807, 2.05) is 24.3 Å². The van der Waals surface area contributed by atoms with Crippen molar-refractivity contribution in [2.45, 2.75) is 46.3 Å². The lowest BCUT2D eigenvalue weighted by molar-refractivity contribution is -0.156. The highest BCUT2D eigenvalue weighted by atomic mass is 16.5. The first kappa shape index (κ1) is 22.1. The van der Waals surface area contributed by atoms with E-state index >= 15 is 0 Å². The molecule has 2 rings (SSSR count). The molecule has 0 aliphatic carbocycles. The number of esters is 1. The zero-order valence-corrected chi connectivity index (χ0v) is 17.3. The van der Waals surface area contributed by atoms with Crippen LogP contribution in [0.5, 0.6) is 0 Å². The molecular formula is C23H28N2O4. The van der Waals surface area contributed by atoms with E-state index in [4.69, 9.17) is 4.74 Å². The molecule has 0 heterocycles. The first-order chi connectivity index (χ1) is 13.8. The average molecular weight is 396 g/mol. The summed E-state index contributed by atoms with van der Waals surface area (Å²) in [7, 11) is 0.